The number of nitrogens with one attached hydrogen (secondary N) is 1. The van der Waals surface area contributed by atoms with Crippen LogP contribution in [0.3, 0.4) is 0 Å². The van der Waals surface area contributed by atoms with Gasteiger partial charge in [0.05, 0.1) is 5.56 Å². The van der Waals surface area contributed by atoms with Gasteiger partial charge in [-0.05, 0) is 80.9 Å². The third-order valence-electron chi connectivity index (χ3n) is 5.62. The molecule has 0 spiro atoms. The molecule has 5 heteroatoms. The van der Waals surface area contributed by atoms with E-state index < -0.39 is 5.60 Å². The third-order valence-corrected chi connectivity index (χ3v) is 5.62. The minimum absolute atomic E-state index is 0.331. The van der Waals surface area contributed by atoms with Crippen LogP contribution in [-0.4, -0.2) is 12.2 Å². The molecule has 0 fully saturated rings. The van der Waals surface area contributed by atoms with Crippen molar-refractivity contribution in [2.75, 3.05) is 5.32 Å². The Morgan fingerprint density at radius 1 is 0.771 bits per heavy atom. The molecule has 0 saturated heterocycles. The molecule has 0 saturated carbocycles. The highest BCUT2D eigenvalue weighted by molar-refractivity contribution is 6.08. The van der Waals surface area contributed by atoms with E-state index in [2.05, 4.69) is 5.32 Å². The van der Waals surface area contributed by atoms with Gasteiger partial charge in [0.1, 0.15) is 22.8 Å². The topological polar surface area (TPSA) is 64.6 Å². The maximum atomic E-state index is 12.5. The van der Waals surface area contributed by atoms with Crippen LogP contribution in [0, 0.1) is 6.92 Å². The lowest BCUT2D eigenvalue weighted by atomic mass is 9.98. The zero-order valence-corrected chi connectivity index (χ0v) is 19.9. The summed E-state index contributed by atoms with van der Waals surface area (Å²) < 4.78 is 12.2. The Kier molecular flexibility index (Phi) is 6.97. The molecule has 0 radical (unpaired) electrons. The van der Waals surface area contributed by atoms with E-state index in [1.807, 2.05) is 69.3 Å². The van der Waals surface area contributed by atoms with Crippen molar-refractivity contribution in [3.63, 3.8) is 0 Å². The highest BCUT2D eigenvalue weighted by Gasteiger charge is 2.22. The van der Waals surface area contributed by atoms with Gasteiger partial charge in [0.2, 0.25) is 0 Å². The van der Waals surface area contributed by atoms with E-state index in [-0.39, 0.29) is 5.91 Å². The van der Waals surface area contributed by atoms with Crippen LogP contribution < -0.4 is 14.8 Å². The van der Waals surface area contributed by atoms with Crippen LogP contribution in [0.4, 0.5) is 5.69 Å². The molecule has 1 N–H and O–H groups in total. The maximum Gasteiger partial charge on any atom is 0.256 e. The molecule has 4 aromatic rings. The van der Waals surface area contributed by atoms with Crippen LogP contribution in [0.1, 0.15) is 45.7 Å². The fourth-order valence-corrected chi connectivity index (χ4v) is 3.63. The number of hydrogen-bond donors (Lipinski definition) is 1. The van der Waals surface area contributed by atoms with E-state index in [1.165, 1.54) is 5.56 Å². The molecule has 1 amide bonds. The number of aryl methyl sites for hydroxylation is 1. The van der Waals surface area contributed by atoms with Crippen molar-refractivity contribution in [1.82, 2.24) is 0 Å². The molecule has 0 aliphatic carbocycles. The summed E-state index contributed by atoms with van der Waals surface area (Å²) in [5.74, 6) is 1.81. The second kappa shape index (κ2) is 10.3. The minimum Gasteiger partial charge on any atom is -0.483 e. The Balaban J connectivity index is 1.38. The molecular formula is C30H27NO4. The zero-order valence-electron chi connectivity index (χ0n) is 19.9. The lowest BCUT2D eigenvalue weighted by molar-refractivity contribution is 0.101. The Hall–Kier alpha value is -4.38. The largest absolute Gasteiger partial charge is 0.483 e. The van der Waals surface area contributed by atoms with E-state index in [9.17, 15) is 9.59 Å². The van der Waals surface area contributed by atoms with Gasteiger partial charge in [-0.2, -0.15) is 0 Å². The van der Waals surface area contributed by atoms with Crippen LogP contribution in [-0.2, 0) is 5.60 Å². The number of ether oxygens (including phenoxy) is 2. The molecule has 0 aliphatic rings. The molecule has 0 aliphatic heterocycles. The normalized spacial score (nSPS) is 10.9. The summed E-state index contributed by atoms with van der Waals surface area (Å²) in [6.45, 7) is 6.11. The van der Waals surface area contributed by atoms with E-state index in [0.29, 0.717) is 34.6 Å². The van der Waals surface area contributed by atoms with Gasteiger partial charge in [-0.1, -0.05) is 48.0 Å². The van der Waals surface area contributed by atoms with Crippen molar-refractivity contribution in [2.45, 2.75) is 26.4 Å². The summed E-state index contributed by atoms with van der Waals surface area (Å²) >= 11 is 0. The number of aldehydes is 1. The van der Waals surface area contributed by atoms with Crippen molar-refractivity contribution >= 4 is 17.9 Å². The summed E-state index contributed by atoms with van der Waals surface area (Å²) in [6, 6.07) is 29.5. The Bertz CT molecular complexity index is 1310. The smallest absolute Gasteiger partial charge is 0.256 e. The molecule has 4 rings (SSSR count). The quantitative estimate of drug-likeness (QED) is 0.280. The lowest BCUT2D eigenvalue weighted by Gasteiger charge is -2.27. The Morgan fingerprint density at radius 2 is 1.34 bits per heavy atom. The molecule has 5 nitrogen and oxygen atoms in total. The van der Waals surface area contributed by atoms with Crippen LogP contribution in [0.25, 0.3) is 0 Å². The number of hydrogen-bond acceptors (Lipinski definition) is 4. The van der Waals surface area contributed by atoms with Gasteiger partial charge in [0.15, 0.2) is 6.29 Å². The van der Waals surface area contributed by atoms with Crippen molar-refractivity contribution < 1.29 is 19.1 Å². The van der Waals surface area contributed by atoms with Crippen LogP contribution in [0.5, 0.6) is 17.2 Å². The predicted octanol–water partition coefficient (Wildman–Crippen LogP) is 7.17. The highest BCUT2D eigenvalue weighted by atomic mass is 16.5. The second-order valence-corrected chi connectivity index (χ2v) is 8.74. The molecular weight excluding hydrogens is 438 g/mol. The molecule has 35 heavy (non-hydrogen) atoms. The molecule has 0 atom stereocenters. The van der Waals surface area contributed by atoms with Crippen LogP contribution in [0.2, 0.25) is 0 Å². The van der Waals surface area contributed by atoms with Gasteiger partial charge in [-0.3, -0.25) is 9.59 Å². The minimum atomic E-state index is -0.504. The zero-order chi connectivity index (χ0) is 24.8. The first-order valence-corrected chi connectivity index (χ1v) is 11.3. The van der Waals surface area contributed by atoms with E-state index in [1.54, 1.807) is 48.5 Å². The monoisotopic (exact) mass is 465 g/mol. The van der Waals surface area contributed by atoms with Gasteiger partial charge in [0, 0.05) is 11.3 Å². The molecule has 0 bridgehead atoms. The van der Waals surface area contributed by atoms with Crippen molar-refractivity contribution in [1.29, 1.82) is 0 Å². The Morgan fingerprint density at radius 3 is 1.97 bits per heavy atom. The maximum absolute atomic E-state index is 12.5. The number of amides is 1. The second-order valence-electron chi connectivity index (χ2n) is 8.74. The summed E-state index contributed by atoms with van der Waals surface area (Å²) in [7, 11) is 0. The molecule has 4 aromatic carbocycles. The number of carbonyl (C=O) groups is 2. The molecule has 176 valence electrons. The average Bonchev–Trinajstić information content (AvgIpc) is 2.87. The summed E-state index contributed by atoms with van der Waals surface area (Å²) in [5, 5.41) is 2.80. The molecule has 0 aromatic heterocycles. The van der Waals surface area contributed by atoms with E-state index >= 15 is 0 Å². The standard InChI is InChI=1S/C30H27NO4/c1-21-8-14-27(15-9-21)35-30(2,3)23-10-16-25(17-11-23)34-26-18-12-24(13-19-26)31-29(33)28-7-5-4-6-22(28)20-32/h4-20H,1-3H3,(H,31,33). The summed E-state index contributed by atoms with van der Waals surface area (Å²) in [6.07, 6.45) is 0.673. The van der Waals surface area contributed by atoms with Crippen LogP contribution >= 0.6 is 0 Å². The Labute approximate surface area is 205 Å². The van der Waals surface area contributed by atoms with Crippen molar-refractivity contribution in [3.05, 3.63) is 119 Å². The first kappa shape index (κ1) is 23.8. The predicted molar refractivity (Wildman–Crippen MR) is 138 cm³/mol. The number of anilines is 1. The number of rotatable bonds is 8. The van der Waals surface area contributed by atoms with Gasteiger partial charge in [-0.15, -0.1) is 0 Å². The lowest BCUT2D eigenvalue weighted by Crippen LogP contribution is -2.25. The van der Waals surface area contributed by atoms with Gasteiger partial charge >= 0.3 is 0 Å². The summed E-state index contributed by atoms with van der Waals surface area (Å²) in [5.41, 5.74) is 3.00. The summed E-state index contributed by atoms with van der Waals surface area (Å²) in [4.78, 5) is 23.7. The van der Waals surface area contributed by atoms with Crippen molar-refractivity contribution in [2.24, 2.45) is 0 Å². The first-order valence-electron chi connectivity index (χ1n) is 11.3. The fraction of sp³-hybridized carbons (Fsp3) is 0.133. The van der Waals surface area contributed by atoms with Gasteiger partial charge in [0.25, 0.3) is 5.91 Å². The fourth-order valence-electron chi connectivity index (χ4n) is 3.63. The average molecular weight is 466 g/mol. The molecule has 0 heterocycles. The number of carbonyl (C=O) groups excluding carboxylic acids is 2. The number of benzene rings is 4. The van der Waals surface area contributed by atoms with E-state index in [0.717, 1.165) is 11.3 Å². The SMILES string of the molecule is Cc1ccc(OC(C)(C)c2ccc(Oc3ccc(NC(=O)c4ccccc4C=O)cc3)cc2)cc1. The van der Waals surface area contributed by atoms with E-state index in [4.69, 9.17) is 9.47 Å². The van der Waals surface area contributed by atoms with Gasteiger partial charge in [-0.25, -0.2) is 0 Å². The molecule has 0 unspecified atom stereocenters. The van der Waals surface area contributed by atoms with Gasteiger partial charge < -0.3 is 14.8 Å². The van der Waals surface area contributed by atoms with Crippen LogP contribution in [0.15, 0.2) is 97.1 Å². The third kappa shape index (κ3) is 5.95. The highest BCUT2D eigenvalue weighted by Crippen LogP contribution is 2.30. The first-order chi connectivity index (χ1) is 16.8. The van der Waals surface area contributed by atoms with Crippen molar-refractivity contribution in [3.8, 4) is 17.2 Å².